The Labute approximate surface area is 108 Å². The molecule has 0 aliphatic carbocycles. The average molecular weight is 283 g/mol. The van der Waals surface area contributed by atoms with Crippen LogP contribution in [0.15, 0.2) is 17.5 Å². The SMILES string of the molecule is COP(=O)(OC)c1[nH]nc(C#N)c1-c1cccs1. The monoisotopic (exact) mass is 283 g/mol. The standard InChI is InChI=1S/C10H10N3O3PS/c1-15-17(14,16-2)10-9(7(6-11)12-13-10)8-4-3-5-18-8/h3-5H,1-2H3,(H,12,13). The number of H-pyrrole nitrogens is 1. The maximum Gasteiger partial charge on any atom is 0.379 e. The van der Waals surface area contributed by atoms with Gasteiger partial charge in [-0.1, -0.05) is 6.07 Å². The van der Waals surface area contributed by atoms with Gasteiger partial charge in [0.25, 0.3) is 0 Å². The Hall–Kier alpha value is -1.45. The third-order valence-electron chi connectivity index (χ3n) is 2.38. The van der Waals surface area contributed by atoms with E-state index < -0.39 is 7.60 Å². The summed E-state index contributed by atoms with van der Waals surface area (Å²) in [7, 11) is -0.893. The van der Waals surface area contributed by atoms with Crippen LogP contribution in [-0.4, -0.2) is 24.4 Å². The molecule has 0 unspecified atom stereocenters. The van der Waals surface area contributed by atoms with Gasteiger partial charge in [0.2, 0.25) is 0 Å². The first-order valence-corrected chi connectivity index (χ1v) is 7.33. The van der Waals surface area contributed by atoms with Gasteiger partial charge in [0, 0.05) is 19.1 Å². The minimum atomic E-state index is -3.47. The van der Waals surface area contributed by atoms with Gasteiger partial charge in [-0.25, -0.2) is 0 Å². The minimum Gasteiger partial charge on any atom is -0.308 e. The van der Waals surface area contributed by atoms with Crippen LogP contribution < -0.4 is 5.44 Å². The first kappa shape index (κ1) is 13.0. The number of rotatable bonds is 4. The van der Waals surface area contributed by atoms with Gasteiger partial charge in [-0.15, -0.1) is 11.3 Å². The number of hydrogen-bond donors (Lipinski definition) is 1. The molecule has 0 saturated carbocycles. The summed E-state index contributed by atoms with van der Waals surface area (Å²) < 4.78 is 22.2. The second kappa shape index (κ2) is 5.04. The highest BCUT2D eigenvalue weighted by Crippen LogP contribution is 2.47. The molecular weight excluding hydrogens is 273 g/mol. The van der Waals surface area contributed by atoms with Crippen molar-refractivity contribution in [2.24, 2.45) is 0 Å². The molecule has 0 radical (unpaired) electrons. The zero-order valence-electron chi connectivity index (χ0n) is 9.71. The van der Waals surface area contributed by atoms with Crippen molar-refractivity contribution in [3.8, 4) is 16.5 Å². The van der Waals surface area contributed by atoms with Crippen molar-refractivity contribution in [3.63, 3.8) is 0 Å². The van der Waals surface area contributed by atoms with Crippen LogP contribution in [-0.2, 0) is 13.6 Å². The van der Waals surface area contributed by atoms with E-state index in [0.29, 0.717) is 5.56 Å². The Morgan fingerprint density at radius 1 is 1.50 bits per heavy atom. The van der Waals surface area contributed by atoms with Crippen molar-refractivity contribution in [1.82, 2.24) is 10.2 Å². The van der Waals surface area contributed by atoms with E-state index >= 15 is 0 Å². The number of nitrogens with zero attached hydrogens (tertiary/aromatic N) is 2. The third-order valence-corrected chi connectivity index (χ3v) is 5.10. The minimum absolute atomic E-state index is 0.168. The highest BCUT2D eigenvalue weighted by Gasteiger charge is 2.33. The summed E-state index contributed by atoms with van der Waals surface area (Å²) in [5.74, 6) is 0. The van der Waals surface area contributed by atoms with E-state index in [9.17, 15) is 4.57 Å². The number of thiophene rings is 1. The van der Waals surface area contributed by atoms with E-state index in [4.69, 9.17) is 14.3 Å². The van der Waals surface area contributed by atoms with Crippen molar-refractivity contribution in [3.05, 3.63) is 23.2 Å². The average Bonchev–Trinajstić information content (AvgIpc) is 3.05. The van der Waals surface area contributed by atoms with Crippen LogP contribution in [0.3, 0.4) is 0 Å². The predicted molar refractivity (Wildman–Crippen MR) is 67.9 cm³/mol. The summed E-state index contributed by atoms with van der Waals surface area (Å²) in [6, 6.07) is 5.61. The highest BCUT2D eigenvalue weighted by molar-refractivity contribution is 7.62. The quantitative estimate of drug-likeness (QED) is 0.868. The van der Waals surface area contributed by atoms with E-state index in [-0.39, 0.29) is 11.1 Å². The molecule has 2 heterocycles. The Morgan fingerprint density at radius 2 is 2.22 bits per heavy atom. The summed E-state index contributed by atoms with van der Waals surface area (Å²) in [6.45, 7) is 0. The Kier molecular flexibility index (Phi) is 3.64. The van der Waals surface area contributed by atoms with Crippen LogP contribution >= 0.6 is 18.9 Å². The summed E-state index contributed by atoms with van der Waals surface area (Å²) in [4.78, 5) is 0.782. The molecule has 0 fully saturated rings. The third kappa shape index (κ3) is 2.00. The van der Waals surface area contributed by atoms with E-state index in [0.717, 1.165) is 4.88 Å². The molecule has 18 heavy (non-hydrogen) atoms. The zero-order valence-corrected chi connectivity index (χ0v) is 11.4. The molecular formula is C10H10N3O3PS. The largest absolute Gasteiger partial charge is 0.379 e. The highest BCUT2D eigenvalue weighted by atomic mass is 32.1. The van der Waals surface area contributed by atoms with Gasteiger partial charge in [-0.2, -0.15) is 10.4 Å². The number of hydrogen-bond acceptors (Lipinski definition) is 6. The topological polar surface area (TPSA) is 88.0 Å². The first-order valence-electron chi connectivity index (χ1n) is 4.90. The molecule has 1 N–H and O–H groups in total. The van der Waals surface area contributed by atoms with Crippen LogP contribution in [0.1, 0.15) is 5.69 Å². The molecule has 0 aliphatic heterocycles. The fourth-order valence-corrected chi connectivity index (χ4v) is 3.56. The lowest BCUT2D eigenvalue weighted by Crippen LogP contribution is -2.11. The van der Waals surface area contributed by atoms with Gasteiger partial charge in [-0.05, 0) is 11.4 Å². The Morgan fingerprint density at radius 3 is 2.72 bits per heavy atom. The fraction of sp³-hybridized carbons (Fsp3) is 0.200. The fourth-order valence-electron chi connectivity index (χ4n) is 1.52. The van der Waals surface area contributed by atoms with Crippen molar-refractivity contribution in [2.75, 3.05) is 14.2 Å². The molecule has 0 spiro atoms. The van der Waals surface area contributed by atoms with Gasteiger partial charge in [0.05, 0.1) is 5.56 Å². The lowest BCUT2D eigenvalue weighted by Gasteiger charge is -2.12. The molecule has 0 atom stereocenters. The summed E-state index contributed by atoms with van der Waals surface area (Å²) in [5.41, 5.74) is 0.841. The molecule has 2 aromatic rings. The van der Waals surface area contributed by atoms with Crippen molar-refractivity contribution >= 4 is 24.4 Å². The number of nitrogens with one attached hydrogen (secondary N) is 1. The van der Waals surface area contributed by atoms with E-state index in [2.05, 4.69) is 10.2 Å². The second-order valence-corrected chi connectivity index (χ2v) is 6.37. The molecule has 8 heteroatoms. The maximum absolute atomic E-state index is 12.4. The van der Waals surface area contributed by atoms with E-state index in [1.807, 2.05) is 23.6 Å². The van der Waals surface area contributed by atoms with Gasteiger partial charge in [0.1, 0.15) is 6.07 Å². The second-order valence-electron chi connectivity index (χ2n) is 3.25. The maximum atomic E-state index is 12.4. The van der Waals surface area contributed by atoms with Gasteiger partial charge >= 0.3 is 7.60 Å². The van der Waals surface area contributed by atoms with Crippen LogP contribution in [0.25, 0.3) is 10.4 Å². The zero-order chi connectivity index (χ0) is 13.2. The number of aromatic amines is 1. The summed E-state index contributed by atoms with van der Waals surface area (Å²) in [5, 5.41) is 17.3. The van der Waals surface area contributed by atoms with Gasteiger partial charge in [0.15, 0.2) is 11.1 Å². The first-order chi connectivity index (χ1) is 8.66. The van der Waals surface area contributed by atoms with Gasteiger partial charge < -0.3 is 9.05 Å². The number of nitriles is 1. The Bertz CT molecular complexity index is 621. The predicted octanol–water partition coefficient (Wildman–Crippen LogP) is 2.12. The normalized spacial score (nSPS) is 11.4. The molecule has 6 nitrogen and oxygen atoms in total. The smallest absolute Gasteiger partial charge is 0.308 e. The van der Waals surface area contributed by atoms with Crippen LogP contribution in [0, 0.1) is 11.3 Å². The molecule has 94 valence electrons. The lowest BCUT2D eigenvalue weighted by atomic mass is 10.2. The lowest BCUT2D eigenvalue weighted by molar-refractivity contribution is 0.286. The molecule has 0 saturated heterocycles. The van der Waals surface area contributed by atoms with Crippen LogP contribution in [0.2, 0.25) is 0 Å². The molecule has 0 amide bonds. The van der Waals surface area contributed by atoms with Crippen LogP contribution in [0.5, 0.6) is 0 Å². The Balaban J connectivity index is 2.68. The molecule has 0 bridgehead atoms. The molecule has 0 aromatic carbocycles. The van der Waals surface area contributed by atoms with Crippen molar-refractivity contribution in [2.45, 2.75) is 0 Å². The molecule has 2 aromatic heterocycles. The van der Waals surface area contributed by atoms with Crippen LogP contribution in [0.4, 0.5) is 0 Å². The number of aromatic nitrogens is 2. The summed E-state index contributed by atoms with van der Waals surface area (Å²) >= 11 is 1.42. The molecule has 2 rings (SSSR count). The van der Waals surface area contributed by atoms with E-state index in [1.165, 1.54) is 25.6 Å². The van der Waals surface area contributed by atoms with E-state index in [1.54, 1.807) is 0 Å². The summed E-state index contributed by atoms with van der Waals surface area (Å²) in [6.07, 6.45) is 0. The van der Waals surface area contributed by atoms with Crippen molar-refractivity contribution in [1.29, 1.82) is 5.26 Å². The molecule has 0 aliphatic rings. The van der Waals surface area contributed by atoms with Gasteiger partial charge in [-0.3, -0.25) is 9.66 Å². The van der Waals surface area contributed by atoms with Crippen molar-refractivity contribution < 1.29 is 13.6 Å².